The first-order valence-corrected chi connectivity index (χ1v) is 7.41. The van der Waals surface area contributed by atoms with E-state index in [2.05, 4.69) is 10.6 Å². The summed E-state index contributed by atoms with van der Waals surface area (Å²) in [5, 5.41) is 16.6. The summed E-state index contributed by atoms with van der Waals surface area (Å²) < 4.78 is 0. The highest BCUT2D eigenvalue weighted by atomic mass is 16.6. The zero-order chi connectivity index (χ0) is 16.8. The van der Waals surface area contributed by atoms with Crippen LogP contribution in [0.3, 0.4) is 0 Å². The molecular formula is C17H19N3O3. The van der Waals surface area contributed by atoms with Gasteiger partial charge < -0.3 is 10.6 Å². The molecule has 6 nitrogen and oxygen atoms in total. The standard InChI is InChI=1S/C17H19N3O3/c1-3-13-7-4-5-10-16(13)18-12(2)17(21)19-14-8-6-9-15(11-14)20(22)23/h4-12,18H,3H2,1-2H3,(H,19,21)/t12-/m1/s1. The van der Waals surface area contributed by atoms with Gasteiger partial charge in [0.25, 0.3) is 5.69 Å². The van der Waals surface area contributed by atoms with Crippen LogP contribution in [0.2, 0.25) is 0 Å². The molecule has 6 heteroatoms. The Hall–Kier alpha value is -2.89. The second kappa shape index (κ2) is 7.40. The van der Waals surface area contributed by atoms with E-state index >= 15 is 0 Å². The van der Waals surface area contributed by atoms with Crippen LogP contribution in [0.4, 0.5) is 17.1 Å². The minimum absolute atomic E-state index is 0.0558. The maximum Gasteiger partial charge on any atom is 0.271 e. The lowest BCUT2D eigenvalue weighted by molar-refractivity contribution is -0.384. The summed E-state index contributed by atoms with van der Waals surface area (Å²) in [5.74, 6) is -0.253. The molecule has 2 aromatic rings. The van der Waals surface area contributed by atoms with E-state index in [-0.39, 0.29) is 11.6 Å². The summed E-state index contributed by atoms with van der Waals surface area (Å²) in [4.78, 5) is 22.5. The molecule has 0 saturated heterocycles. The highest BCUT2D eigenvalue weighted by Gasteiger charge is 2.15. The van der Waals surface area contributed by atoms with Gasteiger partial charge in [-0.3, -0.25) is 14.9 Å². The summed E-state index contributed by atoms with van der Waals surface area (Å²) in [7, 11) is 0. The van der Waals surface area contributed by atoms with E-state index < -0.39 is 11.0 Å². The summed E-state index contributed by atoms with van der Waals surface area (Å²) in [6.07, 6.45) is 0.863. The monoisotopic (exact) mass is 313 g/mol. The fourth-order valence-electron chi connectivity index (χ4n) is 2.22. The third-order valence-corrected chi connectivity index (χ3v) is 3.49. The number of nitrogens with zero attached hydrogens (tertiary/aromatic N) is 1. The van der Waals surface area contributed by atoms with Crippen molar-refractivity contribution < 1.29 is 9.72 Å². The highest BCUT2D eigenvalue weighted by Crippen LogP contribution is 2.19. The van der Waals surface area contributed by atoms with Crippen LogP contribution in [0.5, 0.6) is 0 Å². The van der Waals surface area contributed by atoms with E-state index in [1.165, 1.54) is 18.2 Å². The number of nitro benzene ring substituents is 1. The molecule has 1 amide bonds. The topological polar surface area (TPSA) is 84.3 Å². The van der Waals surface area contributed by atoms with Crippen LogP contribution in [0.1, 0.15) is 19.4 Å². The first-order chi connectivity index (χ1) is 11.0. The van der Waals surface area contributed by atoms with Gasteiger partial charge >= 0.3 is 0 Å². The van der Waals surface area contributed by atoms with Gasteiger partial charge in [0.1, 0.15) is 6.04 Å². The van der Waals surface area contributed by atoms with Gasteiger partial charge in [-0.2, -0.15) is 0 Å². The zero-order valence-electron chi connectivity index (χ0n) is 13.1. The fourth-order valence-corrected chi connectivity index (χ4v) is 2.22. The van der Waals surface area contributed by atoms with Crippen molar-refractivity contribution in [2.24, 2.45) is 0 Å². The van der Waals surface area contributed by atoms with E-state index in [1.807, 2.05) is 31.2 Å². The van der Waals surface area contributed by atoms with Gasteiger partial charge in [-0.25, -0.2) is 0 Å². The van der Waals surface area contributed by atoms with Crippen LogP contribution in [-0.4, -0.2) is 16.9 Å². The van der Waals surface area contributed by atoms with Crippen molar-refractivity contribution in [3.63, 3.8) is 0 Å². The number of aryl methyl sites for hydroxylation is 1. The van der Waals surface area contributed by atoms with Gasteiger partial charge in [0.15, 0.2) is 0 Å². The fraction of sp³-hybridized carbons (Fsp3) is 0.235. The van der Waals surface area contributed by atoms with Crippen LogP contribution in [0.15, 0.2) is 48.5 Å². The Morgan fingerprint density at radius 2 is 1.96 bits per heavy atom. The van der Waals surface area contributed by atoms with E-state index in [1.54, 1.807) is 13.0 Å². The summed E-state index contributed by atoms with van der Waals surface area (Å²) >= 11 is 0. The van der Waals surface area contributed by atoms with Gasteiger partial charge in [-0.05, 0) is 31.0 Å². The Kier molecular flexibility index (Phi) is 5.30. The van der Waals surface area contributed by atoms with Crippen molar-refractivity contribution in [1.82, 2.24) is 0 Å². The van der Waals surface area contributed by atoms with Crippen molar-refractivity contribution >= 4 is 23.0 Å². The molecule has 120 valence electrons. The third-order valence-electron chi connectivity index (χ3n) is 3.49. The first kappa shape index (κ1) is 16.5. The molecule has 1 atom stereocenters. The molecule has 0 radical (unpaired) electrons. The van der Waals surface area contributed by atoms with E-state index in [0.717, 1.165) is 17.7 Å². The van der Waals surface area contributed by atoms with E-state index in [4.69, 9.17) is 0 Å². The number of carbonyl (C=O) groups is 1. The van der Waals surface area contributed by atoms with Crippen LogP contribution in [0, 0.1) is 10.1 Å². The smallest absolute Gasteiger partial charge is 0.271 e. The number of carbonyl (C=O) groups excluding carboxylic acids is 1. The third kappa shape index (κ3) is 4.29. The number of nitro groups is 1. The van der Waals surface area contributed by atoms with Crippen LogP contribution >= 0.6 is 0 Å². The number of para-hydroxylation sites is 1. The predicted molar refractivity (Wildman–Crippen MR) is 90.6 cm³/mol. The Balaban J connectivity index is 2.05. The van der Waals surface area contributed by atoms with Gasteiger partial charge in [-0.15, -0.1) is 0 Å². The van der Waals surface area contributed by atoms with E-state index in [0.29, 0.717) is 5.69 Å². The Bertz CT molecular complexity index is 716. The second-order valence-electron chi connectivity index (χ2n) is 5.17. The molecule has 0 heterocycles. The number of anilines is 2. The number of non-ortho nitro benzene ring substituents is 1. The quantitative estimate of drug-likeness (QED) is 0.630. The average molecular weight is 313 g/mol. The molecule has 0 unspecified atom stereocenters. The molecule has 2 rings (SSSR count). The number of rotatable bonds is 6. The van der Waals surface area contributed by atoms with Gasteiger partial charge in [0.2, 0.25) is 5.91 Å². The number of benzene rings is 2. The van der Waals surface area contributed by atoms with Crippen LogP contribution < -0.4 is 10.6 Å². The van der Waals surface area contributed by atoms with Crippen molar-refractivity contribution in [3.8, 4) is 0 Å². The Morgan fingerprint density at radius 1 is 1.22 bits per heavy atom. The number of amides is 1. The molecule has 0 aliphatic carbocycles. The minimum Gasteiger partial charge on any atom is -0.374 e. The number of hydrogen-bond donors (Lipinski definition) is 2. The van der Waals surface area contributed by atoms with Crippen molar-refractivity contribution in [2.45, 2.75) is 26.3 Å². The Morgan fingerprint density at radius 3 is 2.65 bits per heavy atom. The lowest BCUT2D eigenvalue weighted by Crippen LogP contribution is -2.32. The average Bonchev–Trinajstić information content (AvgIpc) is 2.55. The summed E-state index contributed by atoms with van der Waals surface area (Å²) in [6.45, 7) is 3.80. The van der Waals surface area contributed by atoms with E-state index in [9.17, 15) is 14.9 Å². The molecule has 0 bridgehead atoms. The number of nitrogens with one attached hydrogen (secondary N) is 2. The van der Waals surface area contributed by atoms with Crippen molar-refractivity contribution in [2.75, 3.05) is 10.6 Å². The molecule has 0 aliphatic heterocycles. The summed E-state index contributed by atoms with van der Waals surface area (Å²) in [5.41, 5.74) is 2.39. The second-order valence-corrected chi connectivity index (χ2v) is 5.17. The molecule has 2 aromatic carbocycles. The molecule has 0 saturated carbocycles. The van der Waals surface area contributed by atoms with Gasteiger partial charge in [0, 0.05) is 23.5 Å². The Labute approximate surface area is 134 Å². The maximum absolute atomic E-state index is 12.3. The van der Waals surface area contributed by atoms with Crippen molar-refractivity contribution in [3.05, 3.63) is 64.2 Å². The van der Waals surface area contributed by atoms with Gasteiger partial charge in [0.05, 0.1) is 4.92 Å². The molecular weight excluding hydrogens is 294 g/mol. The normalized spacial score (nSPS) is 11.6. The molecule has 0 aromatic heterocycles. The summed E-state index contributed by atoms with van der Waals surface area (Å²) in [6, 6.07) is 13.2. The predicted octanol–water partition coefficient (Wildman–Crippen LogP) is 3.60. The largest absolute Gasteiger partial charge is 0.374 e. The number of hydrogen-bond acceptors (Lipinski definition) is 4. The minimum atomic E-state index is -0.491. The molecule has 2 N–H and O–H groups in total. The van der Waals surface area contributed by atoms with Gasteiger partial charge in [-0.1, -0.05) is 31.2 Å². The molecule has 0 spiro atoms. The molecule has 0 fully saturated rings. The molecule has 23 heavy (non-hydrogen) atoms. The van der Waals surface area contributed by atoms with Crippen LogP contribution in [-0.2, 0) is 11.2 Å². The SMILES string of the molecule is CCc1ccccc1N[C@H](C)C(=O)Nc1cccc([N+](=O)[O-])c1. The first-order valence-electron chi connectivity index (χ1n) is 7.41. The van der Waals surface area contributed by atoms with Crippen LogP contribution in [0.25, 0.3) is 0 Å². The maximum atomic E-state index is 12.3. The molecule has 0 aliphatic rings. The lowest BCUT2D eigenvalue weighted by atomic mass is 10.1. The van der Waals surface area contributed by atoms with Crippen molar-refractivity contribution in [1.29, 1.82) is 0 Å². The zero-order valence-corrected chi connectivity index (χ0v) is 13.1. The lowest BCUT2D eigenvalue weighted by Gasteiger charge is -2.17. The highest BCUT2D eigenvalue weighted by molar-refractivity contribution is 5.96.